The maximum atomic E-state index is 11.8. The minimum atomic E-state index is -3.35. The Morgan fingerprint density at radius 2 is 2.18 bits per heavy atom. The van der Waals surface area contributed by atoms with Gasteiger partial charge in [0.15, 0.2) is 0 Å². The third kappa shape index (κ3) is 5.35. The summed E-state index contributed by atoms with van der Waals surface area (Å²) in [4.78, 5) is 0.982. The highest BCUT2D eigenvalue weighted by atomic mass is 35.5. The Hall–Kier alpha value is -0.140. The molecule has 0 radical (unpaired) electrons. The van der Waals surface area contributed by atoms with Crippen LogP contribution in [0.5, 0.6) is 0 Å². The summed E-state index contributed by atoms with van der Waals surface area (Å²) in [7, 11) is -3.35. The normalized spacial score (nSPS) is 11.9. The fourth-order valence-electron chi connectivity index (χ4n) is 1.17. The highest BCUT2D eigenvalue weighted by Crippen LogP contribution is 2.19. The molecule has 0 amide bonds. The van der Waals surface area contributed by atoms with Crippen molar-refractivity contribution < 1.29 is 13.2 Å². The zero-order valence-electron chi connectivity index (χ0n) is 9.61. The van der Waals surface area contributed by atoms with Crippen LogP contribution in [0.2, 0.25) is 0 Å². The Kier molecular flexibility index (Phi) is 6.43. The van der Waals surface area contributed by atoms with E-state index in [1.807, 2.05) is 6.92 Å². The molecular formula is C10H16ClNO3S2. The monoisotopic (exact) mass is 297 g/mol. The molecule has 1 aromatic heterocycles. The summed E-state index contributed by atoms with van der Waals surface area (Å²) < 4.78 is 31.6. The standard InChI is InChI=1S/C10H16ClNO3S2/c1-9-3-4-10(16-9)17(13,14)12-6-2-7-15-8-5-11/h3-4,12H,2,5-8H2,1H3. The molecule has 7 heteroatoms. The van der Waals surface area contributed by atoms with Crippen LogP contribution in [-0.2, 0) is 14.8 Å². The van der Waals surface area contributed by atoms with Gasteiger partial charge in [0.2, 0.25) is 10.0 Å². The first-order valence-electron chi connectivity index (χ1n) is 5.26. The molecule has 1 aromatic rings. The molecule has 0 spiro atoms. The number of ether oxygens (including phenoxy) is 1. The number of sulfonamides is 1. The van der Waals surface area contributed by atoms with E-state index < -0.39 is 10.0 Å². The highest BCUT2D eigenvalue weighted by molar-refractivity contribution is 7.91. The fourth-order valence-corrected chi connectivity index (χ4v) is 3.68. The number of aryl methyl sites for hydroxylation is 1. The Morgan fingerprint density at radius 3 is 2.76 bits per heavy atom. The van der Waals surface area contributed by atoms with Gasteiger partial charge in [-0.15, -0.1) is 22.9 Å². The van der Waals surface area contributed by atoms with E-state index in [1.54, 1.807) is 12.1 Å². The second-order valence-corrected chi connectivity index (χ2v) is 7.08. The number of rotatable bonds is 8. The molecule has 0 unspecified atom stereocenters. The minimum Gasteiger partial charge on any atom is -0.380 e. The summed E-state index contributed by atoms with van der Waals surface area (Å²) in [5.41, 5.74) is 0. The van der Waals surface area contributed by atoms with Crippen molar-refractivity contribution in [3.8, 4) is 0 Å². The van der Waals surface area contributed by atoms with E-state index in [1.165, 1.54) is 11.3 Å². The van der Waals surface area contributed by atoms with E-state index in [4.69, 9.17) is 16.3 Å². The molecule has 1 heterocycles. The summed E-state index contributed by atoms with van der Waals surface area (Å²) in [5.74, 6) is 0.459. The van der Waals surface area contributed by atoms with Gasteiger partial charge in [-0.1, -0.05) is 0 Å². The molecule has 98 valence electrons. The first-order chi connectivity index (χ1) is 8.06. The van der Waals surface area contributed by atoms with E-state index in [9.17, 15) is 8.42 Å². The van der Waals surface area contributed by atoms with Crippen LogP contribution < -0.4 is 4.72 Å². The van der Waals surface area contributed by atoms with E-state index in [-0.39, 0.29) is 0 Å². The summed E-state index contributed by atoms with van der Waals surface area (Å²) in [5, 5.41) is 0. The first-order valence-corrected chi connectivity index (χ1v) is 8.09. The molecule has 0 saturated heterocycles. The van der Waals surface area contributed by atoms with Crippen molar-refractivity contribution in [2.45, 2.75) is 17.6 Å². The highest BCUT2D eigenvalue weighted by Gasteiger charge is 2.14. The van der Waals surface area contributed by atoms with Crippen molar-refractivity contribution in [3.63, 3.8) is 0 Å². The van der Waals surface area contributed by atoms with Crippen LogP contribution in [-0.4, -0.2) is 34.1 Å². The second kappa shape index (κ2) is 7.33. The van der Waals surface area contributed by atoms with Crippen LogP contribution >= 0.6 is 22.9 Å². The summed E-state index contributed by atoms with van der Waals surface area (Å²) in [6.07, 6.45) is 0.639. The van der Waals surface area contributed by atoms with E-state index in [2.05, 4.69) is 4.72 Å². The van der Waals surface area contributed by atoms with Crippen LogP contribution in [0.1, 0.15) is 11.3 Å². The first kappa shape index (κ1) is 14.9. The van der Waals surface area contributed by atoms with Crippen molar-refractivity contribution in [2.24, 2.45) is 0 Å². The molecule has 0 aliphatic rings. The molecule has 0 aromatic carbocycles. The Morgan fingerprint density at radius 1 is 1.41 bits per heavy atom. The van der Waals surface area contributed by atoms with E-state index >= 15 is 0 Å². The predicted molar refractivity (Wildman–Crippen MR) is 70.4 cm³/mol. The number of hydrogen-bond donors (Lipinski definition) is 1. The Bertz CT molecular complexity index is 431. The molecule has 17 heavy (non-hydrogen) atoms. The zero-order chi connectivity index (χ0) is 12.7. The molecule has 0 aliphatic carbocycles. The average Bonchev–Trinajstić information content (AvgIpc) is 2.71. The number of nitrogens with one attached hydrogen (secondary N) is 1. The Labute approximate surface area is 111 Å². The van der Waals surface area contributed by atoms with Crippen molar-refractivity contribution in [1.82, 2.24) is 4.72 Å². The smallest absolute Gasteiger partial charge is 0.250 e. The Balaban J connectivity index is 2.31. The minimum absolute atomic E-state index is 0.358. The summed E-state index contributed by atoms with van der Waals surface area (Å²) in [6, 6.07) is 3.41. The lowest BCUT2D eigenvalue weighted by Crippen LogP contribution is -2.24. The van der Waals surface area contributed by atoms with Gasteiger partial charge in [-0.25, -0.2) is 13.1 Å². The number of alkyl halides is 1. The molecule has 1 rings (SSSR count). The van der Waals surface area contributed by atoms with Gasteiger partial charge in [-0.2, -0.15) is 0 Å². The van der Waals surface area contributed by atoms with Gasteiger partial charge in [0.1, 0.15) is 4.21 Å². The lowest BCUT2D eigenvalue weighted by molar-refractivity contribution is 0.147. The number of halogens is 1. The van der Waals surface area contributed by atoms with E-state index in [0.717, 1.165) is 4.88 Å². The lowest BCUT2D eigenvalue weighted by Gasteiger charge is -2.04. The zero-order valence-corrected chi connectivity index (χ0v) is 12.0. The topological polar surface area (TPSA) is 55.4 Å². The average molecular weight is 298 g/mol. The van der Waals surface area contributed by atoms with Crippen LogP contribution in [0, 0.1) is 6.92 Å². The second-order valence-electron chi connectivity index (χ2n) is 3.42. The van der Waals surface area contributed by atoms with Crippen molar-refractivity contribution >= 4 is 33.0 Å². The number of thiophene rings is 1. The van der Waals surface area contributed by atoms with Crippen molar-refractivity contribution in [2.75, 3.05) is 25.6 Å². The molecule has 0 bridgehead atoms. The molecular weight excluding hydrogens is 282 g/mol. The number of hydrogen-bond acceptors (Lipinski definition) is 4. The quantitative estimate of drug-likeness (QED) is 0.590. The third-order valence-corrected chi connectivity index (χ3v) is 5.07. The maximum Gasteiger partial charge on any atom is 0.250 e. The van der Waals surface area contributed by atoms with Gasteiger partial charge in [0, 0.05) is 23.9 Å². The molecule has 0 fully saturated rings. The SMILES string of the molecule is Cc1ccc(S(=O)(=O)NCCCOCCCl)s1. The van der Waals surface area contributed by atoms with Gasteiger partial charge in [-0.05, 0) is 25.5 Å². The summed E-state index contributed by atoms with van der Waals surface area (Å²) in [6.45, 7) is 3.27. The van der Waals surface area contributed by atoms with Crippen LogP contribution in [0.4, 0.5) is 0 Å². The van der Waals surface area contributed by atoms with Gasteiger partial charge >= 0.3 is 0 Å². The molecule has 0 aliphatic heterocycles. The van der Waals surface area contributed by atoms with E-state index in [0.29, 0.717) is 36.3 Å². The molecule has 0 atom stereocenters. The van der Waals surface area contributed by atoms with Gasteiger partial charge in [0.05, 0.1) is 6.61 Å². The third-order valence-electron chi connectivity index (χ3n) is 1.96. The lowest BCUT2D eigenvalue weighted by atomic mass is 10.5. The molecule has 0 saturated carbocycles. The predicted octanol–water partition coefficient (Wildman–Crippen LogP) is 1.98. The largest absolute Gasteiger partial charge is 0.380 e. The van der Waals surface area contributed by atoms with Crippen molar-refractivity contribution in [3.05, 3.63) is 17.0 Å². The molecule has 4 nitrogen and oxygen atoms in total. The van der Waals surface area contributed by atoms with Crippen LogP contribution in [0.15, 0.2) is 16.3 Å². The van der Waals surface area contributed by atoms with Crippen molar-refractivity contribution in [1.29, 1.82) is 0 Å². The van der Waals surface area contributed by atoms with Crippen LogP contribution in [0.3, 0.4) is 0 Å². The van der Waals surface area contributed by atoms with Crippen LogP contribution in [0.25, 0.3) is 0 Å². The molecule has 1 N–H and O–H groups in total. The maximum absolute atomic E-state index is 11.8. The fraction of sp³-hybridized carbons (Fsp3) is 0.600. The summed E-state index contributed by atoms with van der Waals surface area (Å²) >= 11 is 6.70. The van der Waals surface area contributed by atoms with Gasteiger partial charge in [-0.3, -0.25) is 0 Å². The van der Waals surface area contributed by atoms with Gasteiger partial charge in [0.25, 0.3) is 0 Å². The van der Waals surface area contributed by atoms with Gasteiger partial charge < -0.3 is 4.74 Å².